The van der Waals surface area contributed by atoms with E-state index in [1.807, 2.05) is 30.7 Å². The van der Waals surface area contributed by atoms with Crippen LogP contribution in [-0.2, 0) is 25.9 Å². The van der Waals surface area contributed by atoms with Crippen molar-refractivity contribution in [3.63, 3.8) is 0 Å². The van der Waals surface area contributed by atoms with Gasteiger partial charge in [0, 0.05) is 104 Å². The zero-order chi connectivity index (χ0) is 27.3. The quantitative estimate of drug-likeness (QED) is 0.303. The van der Waals surface area contributed by atoms with Crippen LogP contribution >= 0.6 is 11.6 Å². The fourth-order valence-corrected chi connectivity index (χ4v) is 5.81. The summed E-state index contributed by atoms with van der Waals surface area (Å²) in [5.74, 6) is 3.16. The summed E-state index contributed by atoms with van der Waals surface area (Å²) in [4.78, 5) is 35.0. The maximum absolute atomic E-state index is 6.63. The third-order valence-electron chi connectivity index (χ3n) is 8.22. The van der Waals surface area contributed by atoms with Crippen molar-refractivity contribution in [1.29, 1.82) is 0 Å². The van der Waals surface area contributed by atoms with Gasteiger partial charge in [-0.15, -0.1) is 0 Å². The molecule has 2 saturated carbocycles. The molecular formula is C29H30ClN11. The summed E-state index contributed by atoms with van der Waals surface area (Å²) >= 11 is 6.63. The van der Waals surface area contributed by atoms with Crippen molar-refractivity contribution in [1.82, 2.24) is 40.2 Å². The van der Waals surface area contributed by atoms with Gasteiger partial charge in [0.15, 0.2) is 5.82 Å². The number of anilines is 3. The van der Waals surface area contributed by atoms with E-state index in [4.69, 9.17) is 26.6 Å². The van der Waals surface area contributed by atoms with Crippen molar-refractivity contribution < 1.29 is 0 Å². The summed E-state index contributed by atoms with van der Waals surface area (Å²) in [5, 5.41) is 10.8. The number of rotatable bonds is 7. The maximum Gasteiger partial charge on any atom is 0.223 e. The molecule has 4 aliphatic rings. The molecule has 0 amide bonds. The SMILES string of the molecule is Clc1cnc(N2CCc3nc(NC4CC4)ncc3C2)cc1-c1nccc(C2CC2Nc2ncc3c(n2)CCNC3)n1. The van der Waals surface area contributed by atoms with Gasteiger partial charge in [-0.25, -0.2) is 34.9 Å². The Morgan fingerprint density at radius 3 is 2.61 bits per heavy atom. The van der Waals surface area contributed by atoms with Crippen molar-refractivity contribution in [3.8, 4) is 11.4 Å². The summed E-state index contributed by atoms with van der Waals surface area (Å²) < 4.78 is 0. The van der Waals surface area contributed by atoms with Crippen LogP contribution in [0.15, 0.2) is 36.9 Å². The highest BCUT2D eigenvalue weighted by atomic mass is 35.5. The molecule has 0 aromatic carbocycles. The molecular weight excluding hydrogens is 538 g/mol. The average molecular weight is 568 g/mol. The molecule has 208 valence electrons. The first-order valence-electron chi connectivity index (χ1n) is 14.3. The van der Waals surface area contributed by atoms with Crippen molar-refractivity contribution >= 4 is 29.3 Å². The van der Waals surface area contributed by atoms with E-state index in [1.165, 1.54) is 18.4 Å². The number of pyridine rings is 1. The molecule has 2 atom stereocenters. The van der Waals surface area contributed by atoms with Crippen molar-refractivity contribution in [3.05, 3.63) is 70.2 Å². The highest BCUT2D eigenvalue weighted by Crippen LogP contribution is 2.42. The predicted octanol–water partition coefficient (Wildman–Crippen LogP) is 3.52. The first kappa shape index (κ1) is 24.8. The van der Waals surface area contributed by atoms with Gasteiger partial charge < -0.3 is 20.9 Å². The molecule has 8 rings (SSSR count). The minimum absolute atomic E-state index is 0.247. The second-order valence-electron chi connectivity index (χ2n) is 11.3. The van der Waals surface area contributed by atoms with Gasteiger partial charge in [-0.1, -0.05) is 11.6 Å². The minimum Gasteiger partial charge on any atom is -0.352 e. The van der Waals surface area contributed by atoms with Gasteiger partial charge in [-0.2, -0.15) is 0 Å². The summed E-state index contributed by atoms with van der Waals surface area (Å²) in [5.41, 5.74) is 6.31. The molecule has 0 bridgehead atoms. The molecule has 11 nitrogen and oxygen atoms in total. The lowest BCUT2D eigenvalue weighted by molar-refractivity contribution is 0.626. The van der Waals surface area contributed by atoms with Gasteiger partial charge in [-0.05, 0) is 31.4 Å². The monoisotopic (exact) mass is 567 g/mol. The minimum atomic E-state index is 0.247. The molecule has 6 heterocycles. The van der Waals surface area contributed by atoms with Crippen molar-refractivity contribution in [2.75, 3.05) is 28.6 Å². The van der Waals surface area contributed by atoms with Crippen LogP contribution in [0.2, 0.25) is 5.02 Å². The largest absolute Gasteiger partial charge is 0.352 e. The second-order valence-corrected chi connectivity index (χ2v) is 11.7. The summed E-state index contributed by atoms with van der Waals surface area (Å²) in [6.07, 6.45) is 12.5. The molecule has 0 spiro atoms. The van der Waals surface area contributed by atoms with Crippen LogP contribution in [0.3, 0.4) is 0 Å². The van der Waals surface area contributed by atoms with Crippen LogP contribution in [0, 0.1) is 0 Å². The first-order valence-corrected chi connectivity index (χ1v) is 14.7. The lowest BCUT2D eigenvalue weighted by atomic mass is 10.1. The molecule has 3 N–H and O–H groups in total. The molecule has 2 aliphatic carbocycles. The van der Waals surface area contributed by atoms with Crippen LogP contribution in [0.1, 0.15) is 53.4 Å². The Bertz CT molecular complexity index is 1620. The molecule has 2 unspecified atom stereocenters. The Labute approximate surface area is 242 Å². The Balaban J connectivity index is 0.976. The smallest absolute Gasteiger partial charge is 0.223 e. The predicted molar refractivity (Wildman–Crippen MR) is 156 cm³/mol. The molecule has 12 heteroatoms. The van der Waals surface area contributed by atoms with E-state index in [2.05, 4.69) is 40.8 Å². The fourth-order valence-electron chi connectivity index (χ4n) is 5.63. The number of hydrogen-bond acceptors (Lipinski definition) is 11. The third kappa shape index (κ3) is 5.15. The first-order chi connectivity index (χ1) is 20.2. The van der Waals surface area contributed by atoms with Crippen LogP contribution in [0.4, 0.5) is 17.7 Å². The molecule has 41 heavy (non-hydrogen) atoms. The number of hydrogen-bond donors (Lipinski definition) is 3. The van der Waals surface area contributed by atoms with E-state index in [0.717, 1.165) is 78.9 Å². The fraction of sp³-hybridized carbons (Fsp3) is 0.414. The van der Waals surface area contributed by atoms with E-state index >= 15 is 0 Å². The van der Waals surface area contributed by atoms with Crippen molar-refractivity contribution in [2.24, 2.45) is 0 Å². The summed E-state index contributed by atoms with van der Waals surface area (Å²) in [6.45, 7) is 3.31. The Hall–Kier alpha value is -3.96. The van der Waals surface area contributed by atoms with Crippen molar-refractivity contribution in [2.45, 2.75) is 63.2 Å². The zero-order valence-corrected chi connectivity index (χ0v) is 23.3. The summed E-state index contributed by atoms with van der Waals surface area (Å²) in [6, 6.07) is 4.76. The normalized spacial score (nSPS) is 21.1. The lowest BCUT2D eigenvalue weighted by Gasteiger charge is -2.29. The van der Waals surface area contributed by atoms with E-state index in [-0.39, 0.29) is 12.0 Å². The Morgan fingerprint density at radius 1 is 0.902 bits per heavy atom. The highest BCUT2D eigenvalue weighted by molar-refractivity contribution is 6.33. The van der Waals surface area contributed by atoms with Crippen LogP contribution in [-0.4, -0.2) is 60.1 Å². The van der Waals surface area contributed by atoms with E-state index in [0.29, 0.717) is 29.4 Å². The molecule has 2 fully saturated rings. The number of fused-ring (bicyclic) bond motifs is 2. The average Bonchev–Trinajstić information content (AvgIpc) is 3.95. The zero-order valence-electron chi connectivity index (χ0n) is 22.5. The Kier molecular flexibility index (Phi) is 6.14. The van der Waals surface area contributed by atoms with E-state index in [1.54, 1.807) is 6.20 Å². The molecule has 0 saturated heterocycles. The third-order valence-corrected chi connectivity index (χ3v) is 8.52. The van der Waals surface area contributed by atoms with Gasteiger partial charge in [0.2, 0.25) is 11.9 Å². The topological polar surface area (TPSA) is 130 Å². The Morgan fingerprint density at radius 2 is 1.73 bits per heavy atom. The second kappa shape index (κ2) is 10.1. The number of nitrogens with zero attached hydrogens (tertiary/aromatic N) is 8. The van der Waals surface area contributed by atoms with Crippen LogP contribution < -0.4 is 20.9 Å². The molecule has 4 aromatic heterocycles. The molecule has 4 aromatic rings. The van der Waals surface area contributed by atoms with Gasteiger partial charge >= 0.3 is 0 Å². The molecule has 0 radical (unpaired) electrons. The van der Waals surface area contributed by atoms with E-state index in [9.17, 15) is 0 Å². The van der Waals surface area contributed by atoms with Crippen LogP contribution in [0.25, 0.3) is 11.4 Å². The van der Waals surface area contributed by atoms with Gasteiger partial charge in [0.25, 0.3) is 0 Å². The van der Waals surface area contributed by atoms with E-state index < -0.39 is 0 Å². The molecule has 2 aliphatic heterocycles. The standard InChI is InChI=1S/C29H30ClN11/c30-21-14-33-26(41-8-5-23-17(15-41)13-35-28(39-23)36-18-1-2-18)10-19(21)27-32-7-4-24(37-27)20-9-25(20)40-29-34-12-16-11-31-6-3-22(16)38-29/h4,7,10,12-14,18,20,25,31H,1-3,5-6,8-9,11,15H2,(H,34,38,40)(H,35,36,39). The van der Waals surface area contributed by atoms with Gasteiger partial charge in [0.1, 0.15) is 5.82 Å². The maximum atomic E-state index is 6.63. The lowest BCUT2D eigenvalue weighted by Crippen LogP contribution is -2.32. The number of nitrogens with one attached hydrogen (secondary N) is 3. The van der Waals surface area contributed by atoms with Crippen LogP contribution in [0.5, 0.6) is 0 Å². The van der Waals surface area contributed by atoms with Gasteiger partial charge in [-0.3, -0.25) is 0 Å². The number of halogens is 1. The van der Waals surface area contributed by atoms with Gasteiger partial charge in [0.05, 0.1) is 16.4 Å². The summed E-state index contributed by atoms with van der Waals surface area (Å²) in [7, 11) is 0. The number of aromatic nitrogens is 7. The highest BCUT2D eigenvalue weighted by Gasteiger charge is 2.40.